The van der Waals surface area contributed by atoms with Crippen LogP contribution in [-0.4, -0.2) is 34.9 Å². The summed E-state index contributed by atoms with van der Waals surface area (Å²) in [6.45, 7) is 1.01. The van der Waals surface area contributed by atoms with Crippen LogP contribution in [0.2, 0.25) is 5.02 Å². The minimum atomic E-state index is -1.31. The number of aliphatic hydroxyl groups excluding tert-OH is 1. The molecule has 0 aliphatic carbocycles. The fourth-order valence-electron chi connectivity index (χ4n) is 0.863. The molecule has 0 aliphatic heterocycles. The van der Waals surface area contributed by atoms with Crippen LogP contribution in [0.1, 0.15) is 16.6 Å². The molecular formula is C9H12ClNO3S. The molecule has 0 spiro atoms. The second kappa shape index (κ2) is 4.94. The van der Waals surface area contributed by atoms with Crippen molar-refractivity contribution in [3.05, 3.63) is 21.3 Å². The lowest BCUT2D eigenvalue weighted by atomic mass is 10.1. The van der Waals surface area contributed by atoms with Gasteiger partial charge in [0.2, 0.25) is 0 Å². The molecule has 3 N–H and O–H groups in total. The molecular weight excluding hydrogens is 238 g/mol. The van der Waals surface area contributed by atoms with Crippen LogP contribution in [0, 0.1) is 0 Å². The molecule has 1 heterocycles. The van der Waals surface area contributed by atoms with Gasteiger partial charge in [-0.2, -0.15) is 0 Å². The van der Waals surface area contributed by atoms with Gasteiger partial charge < -0.3 is 15.5 Å². The van der Waals surface area contributed by atoms with Gasteiger partial charge in [0.05, 0.1) is 11.6 Å². The van der Waals surface area contributed by atoms with Gasteiger partial charge in [0.15, 0.2) is 0 Å². The molecule has 0 saturated carbocycles. The molecule has 1 unspecified atom stereocenters. The molecule has 1 rings (SSSR count). The van der Waals surface area contributed by atoms with Gasteiger partial charge in [-0.25, -0.2) is 0 Å². The first-order valence-electron chi connectivity index (χ1n) is 4.31. The maximum atomic E-state index is 11.5. The first kappa shape index (κ1) is 12.4. The molecule has 0 radical (unpaired) electrons. The molecule has 0 aromatic carbocycles. The van der Waals surface area contributed by atoms with Gasteiger partial charge in [-0.05, 0) is 18.4 Å². The van der Waals surface area contributed by atoms with Crippen LogP contribution in [0.25, 0.3) is 0 Å². The highest BCUT2D eigenvalue weighted by molar-refractivity contribution is 7.12. The molecule has 84 valence electrons. The Morgan fingerprint density at radius 1 is 1.73 bits per heavy atom. The standard InChI is InChI=1S/C9H12ClNO3S/c1-9(14,5-12)4-11-8(13)7-6(10)2-3-15-7/h2-3,12,14H,4-5H2,1H3,(H,11,13). The third kappa shape index (κ3) is 3.46. The zero-order chi connectivity index (χ0) is 11.5. The van der Waals surface area contributed by atoms with Crippen molar-refractivity contribution < 1.29 is 15.0 Å². The van der Waals surface area contributed by atoms with Crippen LogP contribution in [0.4, 0.5) is 0 Å². The summed E-state index contributed by atoms with van der Waals surface area (Å²) in [5.41, 5.74) is -1.31. The second-order valence-corrected chi connectivity index (χ2v) is 4.76. The molecule has 15 heavy (non-hydrogen) atoms. The molecule has 0 saturated heterocycles. The molecule has 1 aromatic rings. The number of carbonyl (C=O) groups is 1. The van der Waals surface area contributed by atoms with Crippen molar-refractivity contribution >= 4 is 28.8 Å². The average molecular weight is 250 g/mol. The lowest BCUT2D eigenvalue weighted by Crippen LogP contribution is -2.43. The number of carbonyl (C=O) groups excluding carboxylic acids is 1. The molecule has 1 aromatic heterocycles. The van der Waals surface area contributed by atoms with Crippen molar-refractivity contribution in [2.45, 2.75) is 12.5 Å². The maximum Gasteiger partial charge on any atom is 0.262 e. The third-order valence-corrected chi connectivity index (χ3v) is 3.13. The highest BCUT2D eigenvalue weighted by Gasteiger charge is 2.21. The Bertz CT molecular complexity index is 351. The van der Waals surface area contributed by atoms with Crippen molar-refractivity contribution in [3.63, 3.8) is 0 Å². The van der Waals surface area contributed by atoms with E-state index >= 15 is 0 Å². The third-order valence-electron chi connectivity index (χ3n) is 1.79. The topological polar surface area (TPSA) is 69.6 Å². The molecule has 1 atom stereocenters. The minimum Gasteiger partial charge on any atom is -0.393 e. The Morgan fingerprint density at radius 3 is 2.87 bits per heavy atom. The second-order valence-electron chi connectivity index (χ2n) is 3.44. The maximum absolute atomic E-state index is 11.5. The summed E-state index contributed by atoms with van der Waals surface area (Å²) >= 11 is 6.98. The van der Waals surface area contributed by atoms with E-state index < -0.39 is 12.2 Å². The van der Waals surface area contributed by atoms with Gasteiger partial charge in [-0.1, -0.05) is 11.6 Å². The van der Waals surface area contributed by atoms with Crippen molar-refractivity contribution in [1.82, 2.24) is 5.32 Å². The van der Waals surface area contributed by atoms with E-state index in [1.54, 1.807) is 11.4 Å². The van der Waals surface area contributed by atoms with Gasteiger partial charge in [-0.3, -0.25) is 4.79 Å². The van der Waals surface area contributed by atoms with E-state index in [1.807, 2.05) is 0 Å². The Kier molecular flexibility index (Phi) is 4.10. The SMILES string of the molecule is CC(O)(CO)CNC(=O)c1sccc1Cl. The quantitative estimate of drug-likeness (QED) is 0.742. The number of amides is 1. The van der Waals surface area contributed by atoms with E-state index in [-0.39, 0.29) is 12.5 Å². The number of aliphatic hydroxyl groups is 2. The van der Waals surface area contributed by atoms with Gasteiger partial charge in [0, 0.05) is 6.54 Å². The molecule has 0 bridgehead atoms. The Morgan fingerprint density at radius 2 is 2.40 bits per heavy atom. The fraction of sp³-hybridized carbons (Fsp3) is 0.444. The Labute approximate surface area is 96.5 Å². The number of rotatable bonds is 4. The fourth-order valence-corrected chi connectivity index (χ4v) is 1.92. The number of nitrogens with one attached hydrogen (secondary N) is 1. The predicted molar refractivity (Wildman–Crippen MR) is 59.4 cm³/mol. The molecule has 6 heteroatoms. The summed E-state index contributed by atoms with van der Waals surface area (Å²) in [6, 6.07) is 1.63. The summed E-state index contributed by atoms with van der Waals surface area (Å²) < 4.78 is 0. The minimum absolute atomic E-state index is 0.0173. The Hall–Kier alpha value is -0.620. The lowest BCUT2D eigenvalue weighted by Gasteiger charge is -2.20. The number of hydrogen-bond donors (Lipinski definition) is 3. The predicted octanol–water partition coefficient (Wildman–Crippen LogP) is 0.875. The van der Waals surface area contributed by atoms with E-state index in [0.29, 0.717) is 9.90 Å². The number of hydrogen-bond acceptors (Lipinski definition) is 4. The van der Waals surface area contributed by atoms with Crippen LogP contribution >= 0.6 is 22.9 Å². The zero-order valence-electron chi connectivity index (χ0n) is 8.16. The highest BCUT2D eigenvalue weighted by atomic mass is 35.5. The van der Waals surface area contributed by atoms with Gasteiger partial charge in [-0.15, -0.1) is 11.3 Å². The summed E-state index contributed by atoms with van der Waals surface area (Å²) in [7, 11) is 0. The van der Waals surface area contributed by atoms with Crippen LogP contribution in [0.3, 0.4) is 0 Å². The van der Waals surface area contributed by atoms with E-state index in [4.69, 9.17) is 16.7 Å². The summed E-state index contributed by atoms with van der Waals surface area (Å²) in [4.78, 5) is 11.9. The van der Waals surface area contributed by atoms with Crippen LogP contribution in [-0.2, 0) is 0 Å². The van der Waals surface area contributed by atoms with Crippen molar-refractivity contribution in [3.8, 4) is 0 Å². The molecule has 0 aliphatic rings. The van der Waals surface area contributed by atoms with Crippen molar-refractivity contribution in [2.75, 3.05) is 13.2 Å². The zero-order valence-corrected chi connectivity index (χ0v) is 9.73. The van der Waals surface area contributed by atoms with E-state index in [1.165, 1.54) is 18.3 Å². The van der Waals surface area contributed by atoms with Gasteiger partial charge >= 0.3 is 0 Å². The molecule has 0 fully saturated rings. The van der Waals surface area contributed by atoms with Crippen molar-refractivity contribution in [1.29, 1.82) is 0 Å². The Balaban J connectivity index is 2.55. The average Bonchev–Trinajstić information content (AvgIpc) is 2.61. The number of halogens is 1. The largest absolute Gasteiger partial charge is 0.393 e. The first-order chi connectivity index (χ1) is 6.96. The summed E-state index contributed by atoms with van der Waals surface area (Å²) in [6.07, 6.45) is 0. The monoisotopic (exact) mass is 249 g/mol. The first-order valence-corrected chi connectivity index (χ1v) is 5.56. The normalized spacial score (nSPS) is 14.7. The summed E-state index contributed by atoms with van der Waals surface area (Å²) in [5.74, 6) is -0.344. The van der Waals surface area contributed by atoms with E-state index in [2.05, 4.69) is 5.32 Å². The van der Waals surface area contributed by atoms with Gasteiger partial charge in [0.1, 0.15) is 10.5 Å². The van der Waals surface area contributed by atoms with E-state index in [9.17, 15) is 9.90 Å². The molecule has 1 amide bonds. The molecule has 4 nitrogen and oxygen atoms in total. The number of thiophene rings is 1. The van der Waals surface area contributed by atoms with Gasteiger partial charge in [0.25, 0.3) is 5.91 Å². The van der Waals surface area contributed by atoms with Crippen LogP contribution in [0.5, 0.6) is 0 Å². The van der Waals surface area contributed by atoms with Crippen LogP contribution in [0.15, 0.2) is 11.4 Å². The summed E-state index contributed by atoms with van der Waals surface area (Å²) in [5, 5.41) is 22.8. The smallest absolute Gasteiger partial charge is 0.262 e. The highest BCUT2D eigenvalue weighted by Crippen LogP contribution is 2.21. The lowest BCUT2D eigenvalue weighted by molar-refractivity contribution is 0.00323. The van der Waals surface area contributed by atoms with E-state index in [0.717, 1.165) is 0 Å². The van der Waals surface area contributed by atoms with Crippen LogP contribution < -0.4 is 5.32 Å². The van der Waals surface area contributed by atoms with Crippen molar-refractivity contribution in [2.24, 2.45) is 0 Å².